The molecule has 0 aliphatic carbocycles. The molecule has 0 radical (unpaired) electrons. The number of nitrogens with one attached hydrogen (secondary N) is 2. The number of carbonyl (C=O) groups is 2. The lowest BCUT2D eigenvalue weighted by molar-refractivity contribution is -0.113. The van der Waals surface area contributed by atoms with Crippen LogP contribution in [0.1, 0.15) is 15.9 Å². The number of methoxy groups -OCH3 is 2. The maximum Gasteiger partial charge on any atom is 0.272 e. The van der Waals surface area contributed by atoms with E-state index in [1.807, 2.05) is 0 Å². The molecule has 0 unspecified atom stereocenters. The summed E-state index contributed by atoms with van der Waals surface area (Å²) in [6.07, 6.45) is 1.58. The van der Waals surface area contributed by atoms with Crippen LogP contribution in [0.15, 0.2) is 78.5 Å². The van der Waals surface area contributed by atoms with E-state index in [0.717, 1.165) is 0 Å². The summed E-state index contributed by atoms with van der Waals surface area (Å²) >= 11 is 6.13. The Hall–Kier alpha value is -3.77. The second-order valence-corrected chi connectivity index (χ2v) is 6.85. The molecule has 0 aliphatic rings. The van der Waals surface area contributed by atoms with E-state index in [0.29, 0.717) is 27.8 Å². The molecule has 7 heteroatoms. The van der Waals surface area contributed by atoms with Gasteiger partial charge in [-0.1, -0.05) is 35.9 Å². The van der Waals surface area contributed by atoms with Crippen molar-refractivity contribution in [2.45, 2.75) is 0 Å². The zero-order valence-electron chi connectivity index (χ0n) is 17.0. The molecule has 0 saturated carbocycles. The van der Waals surface area contributed by atoms with Crippen molar-refractivity contribution in [1.29, 1.82) is 0 Å². The molecule has 0 spiro atoms. The lowest BCUT2D eigenvalue weighted by Crippen LogP contribution is -2.30. The van der Waals surface area contributed by atoms with Crippen molar-refractivity contribution in [2.24, 2.45) is 0 Å². The molecule has 31 heavy (non-hydrogen) atoms. The predicted molar refractivity (Wildman–Crippen MR) is 122 cm³/mol. The third kappa shape index (κ3) is 5.87. The molecule has 3 aromatic rings. The van der Waals surface area contributed by atoms with E-state index < -0.39 is 11.8 Å². The third-order valence-electron chi connectivity index (χ3n) is 4.39. The lowest BCUT2D eigenvalue weighted by atomic mass is 10.1. The SMILES string of the molecule is COc1ccc(/C=C(\NC(=O)c2ccccc2Cl)C(=O)Nc2ccc(OC)cc2)cc1. The van der Waals surface area contributed by atoms with Gasteiger partial charge in [-0.15, -0.1) is 0 Å². The number of anilines is 1. The molecule has 0 atom stereocenters. The highest BCUT2D eigenvalue weighted by Crippen LogP contribution is 2.19. The first-order chi connectivity index (χ1) is 15.0. The van der Waals surface area contributed by atoms with E-state index in [1.54, 1.807) is 93.1 Å². The number of carbonyl (C=O) groups excluding carboxylic acids is 2. The Morgan fingerprint density at radius 3 is 2.00 bits per heavy atom. The van der Waals surface area contributed by atoms with Gasteiger partial charge in [0.1, 0.15) is 17.2 Å². The molecule has 0 aromatic heterocycles. The molecule has 0 bridgehead atoms. The van der Waals surface area contributed by atoms with E-state index in [-0.39, 0.29) is 11.3 Å². The molecule has 6 nitrogen and oxygen atoms in total. The van der Waals surface area contributed by atoms with Gasteiger partial charge in [0.25, 0.3) is 11.8 Å². The van der Waals surface area contributed by atoms with Crippen LogP contribution in [0, 0.1) is 0 Å². The van der Waals surface area contributed by atoms with Crippen LogP contribution in [0.25, 0.3) is 6.08 Å². The Morgan fingerprint density at radius 1 is 0.839 bits per heavy atom. The molecule has 158 valence electrons. The average molecular weight is 437 g/mol. The number of amides is 2. The monoisotopic (exact) mass is 436 g/mol. The highest BCUT2D eigenvalue weighted by Gasteiger charge is 2.17. The number of hydrogen-bond donors (Lipinski definition) is 2. The zero-order valence-corrected chi connectivity index (χ0v) is 17.8. The summed E-state index contributed by atoms with van der Waals surface area (Å²) in [7, 11) is 3.13. The lowest BCUT2D eigenvalue weighted by Gasteiger charge is -2.12. The fourth-order valence-electron chi connectivity index (χ4n) is 2.73. The van der Waals surface area contributed by atoms with Gasteiger partial charge in [0, 0.05) is 5.69 Å². The molecular weight excluding hydrogens is 416 g/mol. The molecule has 3 aromatic carbocycles. The fourth-order valence-corrected chi connectivity index (χ4v) is 2.95. The Labute approximate surface area is 185 Å². The largest absolute Gasteiger partial charge is 0.497 e. The highest BCUT2D eigenvalue weighted by molar-refractivity contribution is 6.34. The summed E-state index contributed by atoms with van der Waals surface area (Å²) < 4.78 is 10.3. The number of benzene rings is 3. The Bertz CT molecular complexity index is 1090. The van der Waals surface area contributed by atoms with Gasteiger partial charge in [-0.3, -0.25) is 9.59 Å². The maximum atomic E-state index is 13.0. The fraction of sp³-hybridized carbons (Fsp3) is 0.0833. The van der Waals surface area contributed by atoms with E-state index >= 15 is 0 Å². The molecule has 0 aliphatic heterocycles. The smallest absolute Gasteiger partial charge is 0.272 e. The van der Waals surface area contributed by atoms with Crippen LogP contribution in [0.3, 0.4) is 0 Å². The van der Waals surface area contributed by atoms with Crippen molar-refractivity contribution < 1.29 is 19.1 Å². The van der Waals surface area contributed by atoms with Gasteiger partial charge in [-0.2, -0.15) is 0 Å². The van der Waals surface area contributed by atoms with Gasteiger partial charge in [0.05, 0.1) is 24.8 Å². The molecule has 0 heterocycles. The number of rotatable bonds is 7. The van der Waals surface area contributed by atoms with Gasteiger partial charge in [0.2, 0.25) is 0 Å². The summed E-state index contributed by atoms with van der Waals surface area (Å²) in [6, 6.07) is 20.6. The van der Waals surface area contributed by atoms with Crippen LogP contribution in [0.2, 0.25) is 5.02 Å². The number of halogens is 1. The van der Waals surface area contributed by atoms with E-state index in [4.69, 9.17) is 21.1 Å². The van der Waals surface area contributed by atoms with Gasteiger partial charge < -0.3 is 20.1 Å². The highest BCUT2D eigenvalue weighted by atomic mass is 35.5. The van der Waals surface area contributed by atoms with Crippen LogP contribution in [-0.2, 0) is 4.79 Å². The normalized spacial score (nSPS) is 10.9. The molecule has 2 amide bonds. The Morgan fingerprint density at radius 2 is 1.42 bits per heavy atom. The van der Waals surface area contributed by atoms with Crippen LogP contribution >= 0.6 is 11.6 Å². The van der Waals surface area contributed by atoms with Crippen LogP contribution in [0.4, 0.5) is 5.69 Å². The first-order valence-corrected chi connectivity index (χ1v) is 9.75. The molecular formula is C24H21ClN2O4. The van der Waals surface area contributed by atoms with E-state index in [9.17, 15) is 9.59 Å². The third-order valence-corrected chi connectivity index (χ3v) is 4.72. The van der Waals surface area contributed by atoms with E-state index in [1.165, 1.54) is 0 Å². The summed E-state index contributed by atoms with van der Waals surface area (Å²) in [5.74, 6) is 0.372. The summed E-state index contributed by atoms with van der Waals surface area (Å²) in [5, 5.41) is 5.73. The number of hydrogen-bond acceptors (Lipinski definition) is 4. The standard InChI is InChI=1S/C24H21ClN2O4/c1-30-18-11-7-16(8-12-18)15-22(27-23(28)20-5-3-4-6-21(20)25)24(29)26-17-9-13-19(31-2)14-10-17/h3-15H,1-2H3,(H,26,29)(H,27,28)/b22-15-. The van der Waals surface area contributed by atoms with Crippen molar-refractivity contribution in [3.8, 4) is 11.5 Å². The van der Waals surface area contributed by atoms with Crippen molar-refractivity contribution in [3.05, 3.63) is 94.6 Å². The Balaban J connectivity index is 1.88. The average Bonchev–Trinajstić information content (AvgIpc) is 2.79. The minimum absolute atomic E-state index is 0.0610. The van der Waals surface area contributed by atoms with Gasteiger partial charge >= 0.3 is 0 Å². The van der Waals surface area contributed by atoms with Gasteiger partial charge in [-0.05, 0) is 60.2 Å². The van der Waals surface area contributed by atoms with Gasteiger partial charge in [0.15, 0.2) is 0 Å². The maximum absolute atomic E-state index is 13.0. The molecule has 0 fully saturated rings. The summed E-state index contributed by atoms with van der Waals surface area (Å²) in [4.78, 5) is 25.7. The van der Waals surface area contributed by atoms with E-state index in [2.05, 4.69) is 10.6 Å². The first kappa shape index (κ1) is 21.9. The van der Waals surface area contributed by atoms with Crippen LogP contribution in [-0.4, -0.2) is 26.0 Å². The molecule has 0 saturated heterocycles. The topological polar surface area (TPSA) is 76.7 Å². The number of ether oxygens (including phenoxy) is 2. The minimum atomic E-state index is -0.491. The molecule has 2 N–H and O–H groups in total. The first-order valence-electron chi connectivity index (χ1n) is 9.37. The quantitative estimate of drug-likeness (QED) is 0.523. The Kier molecular flexibility index (Phi) is 7.30. The van der Waals surface area contributed by atoms with Crippen LogP contribution in [0.5, 0.6) is 11.5 Å². The van der Waals surface area contributed by atoms with Crippen molar-refractivity contribution in [2.75, 3.05) is 19.5 Å². The van der Waals surface area contributed by atoms with Crippen molar-refractivity contribution in [1.82, 2.24) is 5.32 Å². The predicted octanol–water partition coefficient (Wildman–Crippen LogP) is 4.77. The molecule has 3 rings (SSSR count). The van der Waals surface area contributed by atoms with Crippen molar-refractivity contribution >= 4 is 35.2 Å². The summed E-state index contributed by atoms with van der Waals surface area (Å²) in [5.41, 5.74) is 1.59. The second kappa shape index (κ2) is 10.3. The van der Waals surface area contributed by atoms with Crippen LogP contribution < -0.4 is 20.1 Å². The van der Waals surface area contributed by atoms with Gasteiger partial charge in [-0.25, -0.2) is 0 Å². The minimum Gasteiger partial charge on any atom is -0.497 e. The zero-order chi connectivity index (χ0) is 22.2. The summed E-state index contributed by atoms with van der Waals surface area (Å²) in [6.45, 7) is 0. The second-order valence-electron chi connectivity index (χ2n) is 6.45. The van der Waals surface area contributed by atoms with Crippen molar-refractivity contribution in [3.63, 3.8) is 0 Å².